The van der Waals surface area contributed by atoms with Gasteiger partial charge in [-0.25, -0.2) is 4.98 Å². The highest BCUT2D eigenvalue weighted by molar-refractivity contribution is 7.13. The first-order chi connectivity index (χ1) is 11.3. The average molecular weight is 356 g/mol. The number of nitrogens with zero attached hydrogens (tertiary/aromatic N) is 3. The second-order valence-electron chi connectivity index (χ2n) is 4.91. The topological polar surface area (TPSA) is 38.7 Å². The van der Waals surface area contributed by atoms with Crippen LogP contribution in [0.3, 0.4) is 0 Å². The van der Waals surface area contributed by atoms with Crippen LogP contribution in [-0.4, -0.2) is 14.6 Å². The molecule has 0 aliphatic carbocycles. The lowest BCUT2D eigenvalue weighted by molar-refractivity contribution is 1.16. The van der Waals surface area contributed by atoms with Gasteiger partial charge >= 0.3 is 0 Å². The third-order valence-corrected chi connectivity index (χ3v) is 5.08. The van der Waals surface area contributed by atoms with Gasteiger partial charge in [-0.1, -0.05) is 52.5 Å². The third-order valence-electron chi connectivity index (χ3n) is 3.43. The molecule has 2 aromatic carbocycles. The van der Waals surface area contributed by atoms with Gasteiger partial charge in [-0.2, -0.15) is 0 Å². The van der Waals surface area contributed by atoms with Gasteiger partial charge in [0.2, 0.25) is 0 Å². The normalized spacial score (nSPS) is 10.8. The third kappa shape index (κ3) is 3.03. The molecule has 112 valence electrons. The van der Waals surface area contributed by atoms with E-state index in [1.54, 1.807) is 11.3 Å². The molecule has 0 aliphatic rings. The van der Waals surface area contributed by atoms with Gasteiger partial charge in [0.25, 0.3) is 0 Å². The first-order valence-corrected chi connectivity index (χ1v) is 8.98. The predicted octanol–water partition coefficient (Wildman–Crippen LogP) is 5.65. The molecule has 0 unspecified atom stereocenters. The largest absolute Gasteiger partial charge is 0.236 e. The van der Waals surface area contributed by atoms with Crippen LogP contribution in [-0.2, 0) is 0 Å². The Morgan fingerprint density at radius 2 is 1.39 bits per heavy atom. The van der Waals surface area contributed by atoms with Crippen LogP contribution in [0.25, 0.3) is 33.1 Å². The van der Waals surface area contributed by atoms with E-state index in [-0.39, 0.29) is 0 Å². The molecule has 0 saturated heterocycles. The van der Waals surface area contributed by atoms with Crippen LogP contribution in [0.15, 0.2) is 59.3 Å². The number of aromatic nitrogens is 3. The average Bonchev–Trinajstić information content (AvgIpc) is 3.28. The van der Waals surface area contributed by atoms with E-state index in [0.29, 0.717) is 0 Å². The van der Waals surface area contributed by atoms with Gasteiger partial charge in [-0.15, -0.1) is 16.4 Å². The minimum absolute atomic E-state index is 0.733. The van der Waals surface area contributed by atoms with Crippen molar-refractivity contribution in [2.24, 2.45) is 0 Å². The molecular weight excluding hydrogens is 346 g/mol. The maximum absolute atomic E-state index is 5.93. The standard InChI is InChI=1S/C17H10ClN3S2/c18-14-7-5-11(6-8-14)15-9-22-17(19-15)13-3-1-12(2-4-13)16-10-23-21-20-16/h1-10H. The van der Waals surface area contributed by atoms with Crippen molar-refractivity contribution in [3.63, 3.8) is 0 Å². The van der Waals surface area contributed by atoms with Crippen molar-refractivity contribution in [1.29, 1.82) is 0 Å². The summed E-state index contributed by atoms with van der Waals surface area (Å²) in [5.74, 6) is 0. The van der Waals surface area contributed by atoms with Crippen LogP contribution in [0.2, 0.25) is 5.02 Å². The van der Waals surface area contributed by atoms with Gasteiger partial charge in [-0.05, 0) is 23.7 Å². The summed E-state index contributed by atoms with van der Waals surface area (Å²) in [6, 6.07) is 16.0. The van der Waals surface area contributed by atoms with Gasteiger partial charge in [0.15, 0.2) is 0 Å². The number of hydrogen-bond acceptors (Lipinski definition) is 5. The van der Waals surface area contributed by atoms with Crippen molar-refractivity contribution in [3.05, 3.63) is 64.3 Å². The lowest BCUT2D eigenvalue weighted by Gasteiger charge is -1.99. The van der Waals surface area contributed by atoms with Crippen LogP contribution < -0.4 is 0 Å². The Bertz CT molecular complexity index is 913. The van der Waals surface area contributed by atoms with Gasteiger partial charge in [0.05, 0.1) is 5.69 Å². The molecule has 0 bridgehead atoms. The minimum atomic E-state index is 0.733. The van der Waals surface area contributed by atoms with E-state index in [0.717, 1.165) is 38.1 Å². The van der Waals surface area contributed by atoms with Gasteiger partial charge in [0, 0.05) is 32.5 Å². The lowest BCUT2D eigenvalue weighted by atomic mass is 10.1. The molecule has 4 rings (SSSR count). The summed E-state index contributed by atoms with van der Waals surface area (Å²) in [6.07, 6.45) is 0. The van der Waals surface area contributed by atoms with Crippen LogP contribution in [0.5, 0.6) is 0 Å². The van der Waals surface area contributed by atoms with Gasteiger partial charge in [0.1, 0.15) is 10.7 Å². The fraction of sp³-hybridized carbons (Fsp3) is 0. The fourth-order valence-corrected chi connectivity index (χ4v) is 3.66. The monoisotopic (exact) mass is 355 g/mol. The van der Waals surface area contributed by atoms with Crippen molar-refractivity contribution < 1.29 is 0 Å². The Labute approximate surface area is 146 Å². The molecule has 2 heterocycles. The predicted molar refractivity (Wildman–Crippen MR) is 96.9 cm³/mol. The SMILES string of the molecule is Clc1ccc(-c2csc(-c3ccc(-c4csnn4)cc3)n2)cc1. The summed E-state index contributed by atoms with van der Waals surface area (Å²) in [4.78, 5) is 4.72. The Kier molecular flexibility index (Phi) is 3.91. The fourth-order valence-electron chi connectivity index (χ4n) is 2.23. The molecule has 0 spiro atoms. The molecule has 23 heavy (non-hydrogen) atoms. The second-order valence-corrected chi connectivity index (χ2v) is 6.82. The molecule has 6 heteroatoms. The number of halogens is 1. The second kappa shape index (κ2) is 6.20. The molecule has 4 aromatic rings. The first-order valence-electron chi connectivity index (χ1n) is 6.89. The summed E-state index contributed by atoms with van der Waals surface area (Å²) in [6.45, 7) is 0. The maximum Gasteiger partial charge on any atom is 0.124 e. The number of thiazole rings is 1. The van der Waals surface area contributed by atoms with E-state index < -0.39 is 0 Å². The molecule has 0 amide bonds. The van der Waals surface area contributed by atoms with Crippen LogP contribution >= 0.6 is 34.5 Å². The molecule has 0 atom stereocenters. The quantitative estimate of drug-likeness (QED) is 0.476. The van der Waals surface area contributed by atoms with Crippen molar-refractivity contribution >= 4 is 34.5 Å². The smallest absolute Gasteiger partial charge is 0.124 e. The summed E-state index contributed by atoms with van der Waals surface area (Å²) in [7, 11) is 0. The van der Waals surface area contributed by atoms with Crippen LogP contribution in [0, 0.1) is 0 Å². The van der Waals surface area contributed by atoms with Crippen molar-refractivity contribution in [3.8, 4) is 33.1 Å². The molecule has 3 nitrogen and oxygen atoms in total. The highest BCUT2D eigenvalue weighted by Gasteiger charge is 2.08. The van der Waals surface area contributed by atoms with Gasteiger partial charge in [-0.3, -0.25) is 0 Å². The zero-order chi connectivity index (χ0) is 15.6. The molecule has 0 saturated carbocycles. The Hall–Kier alpha value is -2.08. The van der Waals surface area contributed by atoms with Crippen LogP contribution in [0.4, 0.5) is 0 Å². The Balaban J connectivity index is 1.62. The Morgan fingerprint density at radius 3 is 2.09 bits per heavy atom. The van der Waals surface area contributed by atoms with Gasteiger partial charge < -0.3 is 0 Å². The molecule has 0 aliphatic heterocycles. The molecule has 0 N–H and O–H groups in total. The number of rotatable bonds is 3. The molecular formula is C17H10ClN3S2. The summed E-state index contributed by atoms with van der Waals surface area (Å²) in [5.41, 5.74) is 5.11. The van der Waals surface area contributed by atoms with Crippen molar-refractivity contribution in [1.82, 2.24) is 14.6 Å². The van der Waals surface area contributed by atoms with E-state index in [4.69, 9.17) is 16.6 Å². The summed E-state index contributed by atoms with van der Waals surface area (Å²) >= 11 is 8.92. The van der Waals surface area contributed by atoms with E-state index in [2.05, 4.69) is 39.2 Å². The highest BCUT2D eigenvalue weighted by atomic mass is 35.5. The Morgan fingerprint density at radius 1 is 0.739 bits per heavy atom. The summed E-state index contributed by atoms with van der Waals surface area (Å²) in [5, 5.41) is 9.82. The maximum atomic E-state index is 5.93. The van der Waals surface area contributed by atoms with Crippen LogP contribution in [0.1, 0.15) is 0 Å². The molecule has 0 radical (unpaired) electrons. The van der Waals surface area contributed by atoms with Crippen molar-refractivity contribution in [2.45, 2.75) is 0 Å². The van der Waals surface area contributed by atoms with E-state index >= 15 is 0 Å². The number of hydrogen-bond donors (Lipinski definition) is 0. The van der Waals surface area contributed by atoms with E-state index in [1.807, 2.05) is 29.6 Å². The zero-order valence-electron chi connectivity index (χ0n) is 11.8. The molecule has 2 aromatic heterocycles. The van der Waals surface area contributed by atoms with E-state index in [1.165, 1.54) is 11.5 Å². The van der Waals surface area contributed by atoms with E-state index in [9.17, 15) is 0 Å². The van der Waals surface area contributed by atoms with Crippen molar-refractivity contribution in [2.75, 3.05) is 0 Å². The highest BCUT2D eigenvalue weighted by Crippen LogP contribution is 2.30. The lowest BCUT2D eigenvalue weighted by Crippen LogP contribution is -1.81. The molecule has 0 fully saturated rings. The zero-order valence-corrected chi connectivity index (χ0v) is 14.2. The first kappa shape index (κ1) is 14.5. The minimum Gasteiger partial charge on any atom is -0.236 e. The summed E-state index contributed by atoms with van der Waals surface area (Å²) < 4.78 is 3.89. The number of benzene rings is 2.